The van der Waals surface area contributed by atoms with Gasteiger partial charge in [-0.2, -0.15) is 13.9 Å². The maximum atomic E-state index is 10.1. The molecular weight excluding hydrogens is 211 g/mol. The molecule has 1 aromatic carbocycles. The molecule has 0 spiro atoms. The molecule has 1 N–H and O–H groups in total. The van der Waals surface area contributed by atoms with Crippen LogP contribution in [0, 0.1) is 0 Å². The van der Waals surface area contributed by atoms with E-state index < -0.39 is 7.94 Å². The van der Waals surface area contributed by atoms with Crippen molar-refractivity contribution in [3.8, 4) is 0 Å². The van der Waals surface area contributed by atoms with Gasteiger partial charge in [0.05, 0.1) is 13.2 Å². The Bertz CT molecular complexity index is 270. The Morgan fingerprint density at radius 3 is 2.07 bits per heavy atom. The van der Waals surface area contributed by atoms with Crippen molar-refractivity contribution >= 4 is 7.94 Å². The Labute approximate surface area is 91.6 Å². The molecule has 0 heterocycles. The zero-order chi connectivity index (χ0) is 11.1. The summed E-state index contributed by atoms with van der Waals surface area (Å²) in [5, 5.41) is 0. The molecule has 0 atom stereocenters. The van der Waals surface area contributed by atoms with Gasteiger partial charge in [0, 0.05) is 0 Å². The Morgan fingerprint density at radius 1 is 1.07 bits per heavy atom. The smallest absolute Gasteiger partial charge is 0.192 e. The standard InChI is InChI=1S/C11H18O3P/c1-3-13-15(12,14-4-2)10-11-8-6-5-7-9-11/h5-9,12H,3-4,10H2,1-2H3/q+1. The van der Waals surface area contributed by atoms with Crippen molar-refractivity contribution in [1.82, 2.24) is 0 Å². The fraction of sp³-hybridized carbons (Fsp3) is 0.455. The van der Waals surface area contributed by atoms with Crippen LogP contribution in [0.3, 0.4) is 0 Å². The fourth-order valence-corrected chi connectivity index (χ4v) is 3.08. The van der Waals surface area contributed by atoms with Crippen LogP contribution < -0.4 is 0 Å². The molecule has 1 rings (SSSR count). The summed E-state index contributed by atoms with van der Waals surface area (Å²) in [6, 6.07) is 9.75. The Morgan fingerprint density at radius 2 is 1.60 bits per heavy atom. The van der Waals surface area contributed by atoms with Gasteiger partial charge in [-0.1, -0.05) is 30.3 Å². The van der Waals surface area contributed by atoms with Crippen molar-refractivity contribution < 1.29 is 13.9 Å². The molecule has 4 heteroatoms. The highest BCUT2D eigenvalue weighted by atomic mass is 31.2. The molecule has 0 unspecified atom stereocenters. The molecule has 0 aliphatic carbocycles. The summed E-state index contributed by atoms with van der Waals surface area (Å²) in [7, 11) is -2.69. The summed E-state index contributed by atoms with van der Waals surface area (Å²) in [6.07, 6.45) is 0.454. The van der Waals surface area contributed by atoms with Gasteiger partial charge < -0.3 is 0 Å². The van der Waals surface area contributed by atoms with Crippen LogP contribution >= 0.6 is 7.94 Å². The molecule has 0 radical (unpaired) electrons. The van der Waals surface area contributed by atoms with Crippen LogP contribution in [-0.2, 0) is 15.2 Å². The minimum absolute atomic E-state index is 0.454. The van der Waals surface area contributed by atoms with E-state index in [1.54, 1.807) is 0 Å². The second kappa shape index (κ2) is 6.19. The molecule has 0 fully saturated rings. The lowest BCUT2D eigenvalue weighted by Crippen LogP contribution is -2.05. The normalized spacial score (nSPS) is 11.7. The molecular formula is C11H18O3P+. The van der Waals surface area contributed by atoms with Crippen molar-refractivity contribution in [2.24, 2.45) is 0 Å². The predicted octanol–water partition coefficient (Wildman–Crippen LogP) is 3.01. The van der Waals surface area contributed by atoms with Gasteiger partial charge in [-0.05, 0) is 19.4 Å². The van der Waals surface area contributed by atoms with Gasteiger partial charge in [0.15, 0.2) is 6.16 Å². The molecule has 0 amide bonds. The Hall–Kier alpha value is -0.470. The Balaban J connectivity index is 2.66. The summed E-state index contributed by atoms with van der Waals surface area (Å²) in [5.41, 5.74) is 1.04. The van der Waals surface area contributed by atoms with E-state index in [1.807, 2.05) is 44.2 Å². The first-order chi connectivity index (χ1) is 7.20. The maximum Gasteiger partial charge on any atom is 0.413 e. The van der Waals surface area contributed by atoms with Gasteiger partial charge >= 0.3 is 7.94 Å². The molecule has 0 saturated carbocycles. The molecule has 0 bridgehead atoms. The summed E-state index contributed by atoms with van der Waals surface area (Å²) >= 11 is 0. The van der Waals surface area contributed by atoms with Gasteiger partial charge in [0.25, 0.3) is 0 Å². The van der Waals surface area contributed by atoms with Crippen molar-refractivity contribution in [2.45, 2.75) is 20.0 Å². The third-order valence-electron chi connectivity index (χ3n) is 1.89. The molecule has 0 aliphatic rings. The van der Waals surface area contributed by atoms with Crippen LogP contribution in [0.1, 0.15) is 19.4 Å². The average molecular weight is 229 g/mol. The van der Waals surface area contributed by atoms with E-state index in [9.17, 15) is 4.89 Å². The summed E-state index contributed by atoms with van der Waals surface area (Å²) in [6.45, 7) is 4.65. The van der Waals surface area contributed by atoms with E-state index in [1.165, 1.54) is 0 Å². The van der Waals surface area contributed by atoms with Crippen molar-refractivity contribution in [2.75, 3.05) is 13.2 Å². The quantitative estimate of drug-likeness (QED) is 0.762. The molecule has 1 aromatic rings. The largest absolute Gasteiger partial charge is 0.413 e. The van der Waals surface area contributed by atoms with Crippen LogP contribution in [0.5, 0.6) is 0 Å². The monoisotopic (exact) mass is 229 g/mol. The topological polar surface area (TPSA) is 38.7 Å². The highest BCUT2D eigenvalue weighted by molar-refractivity contribution is 7.59. The van der Waals surface area contributed by atoms with Gasteiger partial charge in [-0.3, -0.25) is 0 Å². The third-order valence-corrected chi connectivity index (χ3v) is 3.97. The van der Waals surface area contributed by atoms with Crippen LogP contribution in [0.15, 0.2) is 30.3 Å². The van der Waals surface area contributed by atoms with Crippen molar-refractivity contribution in [1.29, 1.82) is 0 Å². The van der Waals surface area contributed by atoms with E-state index in [0.717, 1.165) is 5.56 Å². The van der Waals surface area contributed by atoms with E-state index in [2.05, 4.69) is 0 Å². The highest BCUT2D eigenvalue weighted by Crippen LogP contribution is 2.59. The lowest BCUT2D eigenvalue weighted by Gasteiger charge is -2.15. The minimum atomic E-state index is -2.69. The minimum Gasteiger partial charge on any atom is -0.192 e. The summed E-state index contributed by atoms with van der Waals surface area (Å²) in [5.74, 6) is 0. The molecule has 15 heavy (non-hydrogen) atoms. The Kier molecular flexibility index (Phi) is 5.20. The lowest BCUT2D eigenvalue weighted by molar-refractivity contribution is 0.188. The van der Waals surface area contributed by atoms with Gasteiger partial charge in [0.1, 0.15) is 0 Å². The molecule has 0 aliphatic heterocycles. The maximum absolute atomic E-state index is 10.1. The van der Waals surface area contributed by atoms with E-state index in [4.69, 9.17) is 9.05 Å². The second-order valence-electron chi connectivity index (χ2n) is 3.12. The number of hydrogen-bond acceptors (Lipinski definition) is 3. The lowest BCUT2D eigenvalue weighted by atomic mass is 10.2. The van der Waals surface area contributed by atoms with Crippen molar-refractivity contribution in [3.05, 3.63) is 35.9 Å². The molecule has 84 valence electrons. The molecule has 3 nitrogen and oxygen atoms in total. The van der Waals surface area contributed by atoms with E-state index in [-0.39, 0.29) is 0 Å². The average Bonchev–Trinajstić information content (AvgIpc) is 2.19. The van der Waals surface area contributed by atoms with E-state index in [0.29, 0.717) is 19.4 Å². The zero-order valence-corrected chi connectivity index (χ0v) is 10.1. The van der Waals surface area contributed by atoms with Gasteiger partial charge in [-0.15, -0.1) is 0 Å². The van der Waals surface area contributed by atoms with Crippen LogP contribution in [0.2, 0.25) is 0 Å². The predicted molar refractivity (Wildman–Crippen MR) is 62.5 cm³/mol. The number of benzene rings is 1. The number of rotatable bonds is 6. The third kappa shape index (κ3) is 4.27. The molecule has 0 aromatic heterocycles. The van der Waals surface area contributed by atoms with Crippen LogP contribution in [0.25, 0.3) is 0 Å². The highest BCUT2D eigenvalue weighted by Gasteiger charge is 2.39. The first-order valence-electron chi connectivity index (χ1n) is 5.14. The summed E-state index contributed by atoms with van der Waals surface area (Å²) < 4.78 is 10.6. The van der Waals surface area contributed by atoms with Crippen molar-refractivity contribution in [3.63, 3.8) is 0 Å². The SMILES string of the molecule is CCO[P+](O)(Cc1ccccc1)OCC. The first kappa shape index (κ1) is 12.6. The fourth-order valence-electron chi connectivity index (χ4n) is 1.35. The second-order valence-corrected chi connectivity index (χ2v) is 5.22. The van der Waals surface area contributed by atoms with Gasteiger partial charge in [0.2, 0.25) is 0 Å². The van der Waals surface area contributed by atoms with Gasteiger partial charge in [-0.25, -0.2) is 0 Å². The molecule has 0 saturated heterocycles. The van der Waals surface area contributed by atoms with E-state index >= 15 is 0 Å². The van der Waals surface area contributed by atoms with Crippen LogP contribution in [-0.4, -0.2) is 18.1 Å². The summed E-state index contributed by atoms with van der Waals surface area (Å²) in [4.78, 5) is 10.1. The first-order valence-corrected chi connectivity index (χ1v) is 6.90. The number of hydrogen-bond donors (Lipinski definition) is 1. The van der Waals surface area contributed by atoms with Crippen LogP contribution in [0.4, 0.5) is 0 Å². The zero-order valence-electron chi connectivity index (χ0n) is 9.22.